The molecule has 0 aliphatic carbocycles. The normalized spacial score (nSPS) is 11.8. The number of nitrogens with zero attached hydrogens (tertiary/aromatic N) is 1. The molecule has 0 spiro atoms. The van der Waals surface area contributed by atoms with Gasteiger partial charge in [-0.3, -0.25) is 0 Å². The number of benzene rings is 8. The highest BCUT2D eigenvalue weighted by Crippen LogP contribution is 2.52. The largest absolute Gasteiger partial charge is 0.456 e. The fourth-order valence-corrected chi connectivity index (χ4v) is 10.5. The van der Waals surface area contributed by atoms with Crippen molar-refractivity contribution < 1.29 is 4.42 Å². The highest BCUT2D eigenvalue weighted by molar-refractivity contribution is 7.27. The first-order valence-electron chi connectivity index (χ1n) is 17.5. The first-order chi connectivity index (χ1) is 25.8. The Morgan fingerprint density at radius 3 is 1.83 bits per heavy atom. The van der Waals surface area contributed by atoms with Crippen molar-refractivity contribution in [3.05, 3.63) is 176 Å². The Balaban J connectivity index is 1.24. The number of furan rings is 1. The van der Waals surface area contributed by atoms with Crippen LogP contribution in [-0.2, 0) is 0 Å². The first kappa shape index (κ1) is 29.5. The van der Waals surface area contributed by atoms with Gasteiger partial charge in [-0.2, -0.15) is 0 Å². The topological polar surface area (TPSA) is 16.4 Å². The minimum Gasteiger partial charge on any atom is -0.456 e. The van der Waals surface area contributed by atoms with Crippen LogP contribution in [0.4, 0.5) is 17.1 Å². The molecule has 0 atom stereocenters. The molecule has 8 aromatic carbocycles. The van der Waals surface area contributed by atoms with Crippen molar-refractivity contribution in [3.8, 4) is 22.3 Å². The molecule has 0 fully saturated rings. The third kappa shape index (κ3) is 4.48. The summed E-state index contributed by atoms with van der Waals surface area (Å²) in [5.41, 5.74) is 10.1. The van der Waals surface area contributed by atoms with Crippen molar-refractivity contribution in [2.45, 2.75) is 0 Å². The molecule has 11 aromatic rings. The summed E-state index contributed by atoms with van der Waals surface area (Å²) in [7, 11) is 0. The van der Waals surface area contributed by atoms with Crippen molar-refractivity contribution in [2.24, 2.45) is 0 Å². The summed E-state index contributed by atoms with van der Waals surface area (Å²) >= 11 is 3.74. The minimum atomic E-state index is 0.899. The molecule has 0 bridgehead atoms. The van der Waals surface area contributed by atoms with Crippen LogP contribution in [0.2, 0.25) is 0 Å². The van der Waals surface area contributed by atoms with Gasteiger partial charge >= 0.3 is 0 Å². The van der Waals surface area contributed by atoms with Crippen molar-refractivity contribution >= 4 is 102 Å². The lowest BCUT2D eigenvalue weighted by Crippen LogP contribution is -2.10. The fraction of sp³-hybridized carbons (Fsp3) is 0. The second kappa shape index (κ2) is 11.7. The molecule has 4 heteroatoms. The van der Waals surface area contributed by atoms with Gasteiger partial charge < -0.3 is 9.32 Å². The maximum absolute atomic E-state index is 6.68. The Morgan fingerprint density at radius 2 is 1.02 bits per heavy atom. The summed E-state index contributed by atoms with van der Waals surface area (Å²) in [6, 6.07) is 63.4. The average Bonchev–Trinajstić information content (AvgIpc) is 3.91. The number of anilines is 3. The van der Waals surface area contributed by atoms with Crippen LogP contribution in [0.25, 0.3) is 84.5 Å². The predicted octanol–water partition coefficient (Wildman–Crippen LogP) is 15.1. The smallest absolute Gasteiger partial charge is 0.138 e. The van der Waals surface area contributed by atoms with Gasteiger partial charge in [-0.05, 0) is 52.6 Å². The summed E-state index contributed by atoms with van der Waals surface area (Å²) < 4.78 is 11.8. The van der Waals surface area contributed by atoms with Gasteiger partial charge in [0.25, 0.3) is 0 Å². The quantitative estimate of drug-likeness (QED) is 0.178. The van der Waals surface area contributed by atoms with E-state index in [0.717, 1.165) is 33.6 Å². The van der Waals surface area contributed by atoms with E-state index < -0.39 is 0 Å². The molecule has 0 saturated heterocycles. The van der Waals surface area contributed by atoms with Crippen molar-refractivity contribution in [2.75, 3.05) is 4.90 Å². The maximum Gasteiger partial charge on any atom is 0.138 e. The van der Waals surface area contributed by atoms with E-state index in [1.807, 2.05) is 22.7 Å². The van der Waals surface area contributed by atoms with E-state index in [0.29, 0.717) is 0 Å². The Bertz CT molecular complexity index is 3120. The van der Waals surface area contributed by atoms with Crippen LogP contribution in [0.3, 0.4) is 0 Å². The van der Waals surface area contributed by atoms with Crippen LogP contribution in [0.15, 0.2) is 180 Å². The van der Waals surface area contributed by atoms with Gasteiger partial charge in [0.15, 0.2) is 0 Å². The lowest BCUT2D eigenvalue weighted by atomic mass is 10.0. The van der Waals surface area contributed by atoms with Crippen LogP contribution in [-0.4, -0.2) is 0 Å². The Hall–Kier alpha value is -6.20. The van der Waals surface area contributed by atoms with Crippen LogP contribution in [0, 0.1) is 0 Å². The molecule has 0 saturated carbocycles. The van der Waals surface area contributed by atoms with E-state index in [9.17, 15) is 0 Å². The van der Waals surface area contributed by atoms with E-state index in [-0.39, 0.29) is 0 Å². The Morgan fingerprint density at radius 1 is 0.385 bits per heavy atom. The summed E-state index contributed by atoms with van der Waals surface area (Å²) in [4.78, 5) is 2.47. The summed E-state index contributed by atoms with van der Waals surface area (Å²) in [6.07, 6.45) is 0. The molecule has 0 unspecified atom stereocenters. The monoisotopic (exact) mass is 699 g/mol. The molecule has 2 nitrogen and oxygen atoms in total. The van der Waals surface area contributed by atoms with Gasteiger partial charge in [-0.25, -0.2) is 0 Å². The van der Waals surface area contributed by atoms with E-state index >= 15 is 0 Å². The number of fused-ring (bicyclic) bond motifs is 10. The number of hydrogen-bond acceptors (Lipinski definition) is 4. The van der Waals surface area contributed by atoms with Crippen molar-refractivity contribution in [1.82, 2.24) is 0 Å². The van der Waals surface area contributed by atoms with Crippen LogP contribution in [0.1, 0.15) is 0 Å². The highest BCUT2D eigenvalue weighted by atomic mass is 32.1. The predicted molar refractivity (Wildman–Crippen MR) is 225 cm³/mol. The number of hydrogen-bond donors (Lipinski definition) is 0. The van der Waals surface area contributed by atoms with Crippen LogP contribution in [0.5, 0.6) is 0 Å². The van der Waals surface area contributed by atoms with Crippen LogP contribution < -0.4 is 4.90 Å². The number of para-hydroxylation sites is 1. The van der Waals surface area contributed by atoms with Crippen LogP contribution >= 0.6 is 22.7 Å². The van der Waals surface area contributed by atoms with Gasteiger partial charge in [0.2, 0.25) is 0 Å². The SMILES string of the molecule is c1ccc(-c2ccc(N(c3cccc4c3sc3c(-c5ccccc5)cccc34)c3cc4oc5ccccc5c4c4sc5ccccc5c34)cc2)cc1. The average molecular weight is 700 g/mol. The second-order valence-electron chi connectivity index (χ2n) is 13.2. The van der Waals surface area contributed by atoms with Gasteiger partial charge in [0.05, 0.1) is 16.1 Å². The molecule has 3 heterocycles. The minimum absolute atomic E-state index is 0.899. The van der Waals surface area contributed by atoms with Gasteiger partial charge in [-0.15, -0.1) is 22.7 Å². The summed E-state index contributed by atoms with van der Waals surface area (Å²) in [5.74, 6) is 0. The molecule has 0 aliphatic rings. The molecule has 0 aliphatic heterocycles. The van der Waals surface area contributed by atoms with E-state index in [4.69, 9.17) is 4.42 Å². The molecule has 11 rings (SSSR count). The molecule has 0 N–H and O–H groups in total. The first-order valence-corrected chi connectivity index (χ1v) is 19.1. The fourth-order valence-electron chi connectivity index (χ4n) is 7.92. The van der Waals surface area contributed by atoms with Crippen molar-refractivity contribution in [1.29, 1.82) is 0 Å². The van der Waals surface area contributed by atoms with Crippen molar-refractivity contribution in [3.63, 3.8) is 0 Å². The molecule has 52 heavy (non-hydrogen) atoms. The Labute approximate surface area is 308 Å². The molecule has 244 valence electrons. The Kier molecular flexibility index (Phi) is 6.63. The molecule has 0 amide bonds. The zero-order valence-corrected chi connectivity index (χ0v) is 29.5. The van der Waals surface area contributed by atoms with Gasteiger partial charge in [0, 0.05) is 58.2 Å². The maximum atomic E-state index is 6.68. The number of rotatable bonds is 5. The zero-order chi connectivity index (χ0) is 34.2. The molecule has 0 radical (unpaired) electrons. The zero-order valence-electron chi connectivity index (χ0n) is 27.9. The highest BCUT2D eigenvalue weighted by Gasteiger charge is 2.25. The third-order valence-corrected chi connectivity index (χ3v) is 12.7. The second-order valence-corrected chi connectivity index (χ2v) is 15.3. The number of thiophene rings is 2. The molecular formula is C48H29NOS2. The lowest BCUT2D eigenvalue weighted by molar-refractivity contribution is 0.669. The molecular weight excluding hydrogens is 671 g/mol. The summed E-state index contributed by atoms with van der Waals surface area (Å²) in [5, 5.41) is 7.38. The third-order valence-electron chi connectivity index (χ3n) is 10.3. The van der Waals surface area contributed by atoms with Gasteiger partial charge in [-0.1, -0.05) is 140 Å². The lowest BCUT2D eigenvalue weighted by Gasteiger charge is -2.27. The van der Waals surface area contributed by atoms with E-state index in [1.54, 1.807) is 0 Å². The van der Waals surface area contributed by atoms with Gasteiger partial charge in [0.1, 0.15) is 11.2 Å². The standard InChI is InChI=1S/C48H29NOS2/c1-3-13-30(14-4-1)31-25-27-33(28-26-31)49(39-22-12-21-36-35-20-11-19-34(46(35)52-47(36)39)32-15-5-2-6-16-32)40-29-42-45(37-17-7-9-23-41(37)50-42)48-44(40)38-18-8-10-24-43(38)51-48/h1-29H. The molecule has 3 aromatic heterocycles. The van der Waals surface area contributed by atoms with E-state index in [2.05, 4.69) is 181 Å². The van der Waals surface area contributed by atoms with E-state index in [1.165, 1.54) is 68.0 Å². The summed E-state index contributed by atoms with van der Waals surface area (Å²) in [6.45, 7) is 0.